The average Bonchev–Trinajstić information content (AvgIpc) is 3.06. The lowest BCUT2D eigenvalue weighted by Crippen LogP contribution is -2.44. The fourth-order valence-corrected chi connectivity index (χ4v) is 4.57. The maximum absolute atomic E-state index is 5.83. The lowest BCUT2D eigenvalue weighted by molar-refractivity contribution is -0.183. The molecular formula is C15H26N2O2. The third kappa shape index (κ3) is 2.33. The summed E-state index contributed by atoms with van der Waals surface area (Å²) >= 11 is 0. The lowest BCUT2D eigenvalue weighted by Gasteiger charge is -2.39. The Morgan fingerprint density at radius 1 is 1.00 bits per heavy atom. The molecule has 4 rings (SSSR count). The normalized spacial score (nSPS) is 39.8. The fraction of sp³-hybridized carbons (Fsp3) is 1.00. The van der Waals surface area contributed by atoms with Crippen LogP contribution in [0.25, 0.3) is 0 Å². The standard InChI is InChI=1S/C15H26N2O2/c1-2-12-10-17(11-14(12)16-7-1)13-3-5-15(6-4-13)18-8-9-19-15/h12-14,16H,1-11H2/t12-,14+/m0/s1. The van der Waals surface area contributed by atoms with Crippen LogP contribution in [0, 0.1) is 5.92 Å². The molecule has 1 spiro atoms. The summed E-state index contributed by atoms with van der Waals surface area (Å²) in [6.07, 6.45) is 7.48. The third-order valence-corrected chi connectivity index (χ3v) is 5.67. The third-order valence-electron chi connectivity index (χ3n) is 5.67. The van der Waals surface area contributed by atoms with Gasteiger partial charge in [0.05, 0.1) is 13.2 Å². The van der Waals surface area contributed by atoms with Gasteiger partial charge in [0.15, 0.2) is 5.79 Å². The highest BCUT2D eigenvalue weighted by Crippen LogP contribution is 2.39. The highest BCUT2D eigenvalue weighted by molar-refractivity contribution is 4.96. The number of hydrogen-bond acceptors (Lipinski definition) is 4. The molecule has 3 aliphatic heterocycles. The van der Waals surface area contributed by atoms with Crippen molar-refractivity contribution in [1.29, 1.82) is 0 Å². The molecule has 4 heteroatoms. The topological polar surface area (TPSA) is 33.7 Å². The van der Waals surface area contributed by atoms with Crippen LogP contribution in [-0.4, -0.2) is 55.6 Å². The van der Waals surface area contributed by atoms with Gasteiger partial charge in [0.25, 0.3) is 0 Å². The van der Waals surface area contributed by atoms with Crippen molar-refractivity contribution in [2.24, 2.45) is 5.92 Å². The van der Waals surface area contributed by atoms with E-state index in [1.165, 1.54) is 45.3 Å². The van der Waals surface area contributed by atoms with E-state index >= 15 is 0 Å². The van der Waals surface area contributed by atoms with Gasteiger partial charge in [-0.1, -0.05) is 0 Å². The quantitative estimate of drug-likeness (QED) is 0.777. The van der Waals surface area contributed by atoms with Crippen LogP contribution in [0.3, 0.4) is 0 Å². The molecule has 1 aliphatic carbocycles. The van der Waals surface area contributed by atoms with Crippen molar-refractivity contribution in [3.63, 3.8) is 0 Å². The van der Waals surface area contributed by atoms with Crippen LogP contribution in [0.2, 0.25) is 0 Å². The molecule has 3 heterocycles. The van der Waals surface area contributed by atoms with Crippen molar-refractivity contribution in [1.82, 2.24) is 10.2 Å². The van der Waals surface area contributed by atoms with Gasteiger partial charge in [-0.25, -0.2) is 0 Å². The van der Waals surface area contributed by atoms with Gasteiger partial charge in [0.2, 0.25) is 0 Å². The van der Waals surface area contributed by atoms with Gasteiger partial charge in [-0.05, 0) is 38.1 Å². The maximum Gasteiger partial charge on any atom is 0.168 e. The Hall–Kier alpha value is -0.160. The molecule has 19 heavy (non-hydrogen) atoms. The van der Waals surface area contributed by atoms with Gasteiger partial charge in [-0.2, -0.15) is 0 Å². The van der Waals surface area contributed by atoms with Gasteiger partial charge in [0, 0.05) is 38.0 Å². The molecule has 0 unspecified atom stereocenters. The van der Waals surface area contributed by atoms with Crippen LogP contribution in [0.15, 0.2) is 0 Å². The molecule has 1 saturated carbocycles. The lowest BCUT2D eigenvalue weighted by atomic mass is 9.89. The number of piperidine rings is 1. The molecule has 0 amide bonds. The number of fused-ring (bicyclic) bond motifs is 1. The molecular weight excluding hydrogens is 240 g/mol. The summed E-state index contributed by atoms with van der Waals surface area (Å²) in [6, 6.07) is 1.54. The van der Waals surface area contributed by atoms with Crippen LogP contribution in [0.1, 0.15) is 38.5 Å². The van der Waals surface area contributed by atoms with Gasteiger partial charge in [-0.3, -0.25) is 4.90 Å². The molecule has 3 saturated heterocycles. The van der Waals surface area contributed by atoms with Gasteiger partial charge >= 0.3 is 0 Å². The Kier molecular flexibility index (Phi) is 3.30. The van der Waals surface area contributed by atoms with Gasteiger partial charge in [-0.15, -0.1) is 0 Å². The molecule has 0 bridgehead atoms. The second-order valence-corrected chi connectivity index (χ2v) is 6.76. The summed E-state index contributed by atoms with van der Waals surface area (Å²) < 4.78 is 11.7. The van der Waals surface area contributed by atoms with E-state index in [4.69, 9.17) is 9.47 Å². The summed E-state index contributed by atoms with van der Waals surface area (Å²) in [5.41, 5.74) is 0. The molecule has 1 N–H and O–H groups in total. The van der Waals surface area contributed by atoms with E-state index in [2.05, 4.69) is 10.2 Å². The van der Waals surface area contributed by atoms with Crippen molar-refractivity contribution >= 4 is 0 Å². The zero-order valence-electron chi connectivity index (χ0n) is 11.8. The Balaban J connectivity index is 1.34. The molecule has 108 valence electrons. The second kappa shape index (κ2) is 4.99. The second-order valence-electron chi connectivity index (χ2n) is 6.76. The molecule has 4 nitrogen and oxygen atoms in total. The summed E-state index contributed by atoms with van der Waals surface area (Å²) in [4.78, 5) is 2.75. The predicted molar refractivity (Wildman–Crippen MR) is 73.0 cm³/mol. The minimum Gasteiger partial charge on any atom is -0.348 e. The van der Waals surface area contributed by atoms with Crippen LogP contribution in [0.4, 0.5) is 0 Å². The number of ether oxygens (including phenoxy) is 2. The summed E-state index contributed by atoms with van der Waals surface area (Å²) in [7, 11) is 0. The van der Waals surface area contributed by atoms with Crippen molar-refractivity contribution in [2.45, 2.75) is 56.4 Å². The Bertz CT molecular complexity index is 306. The number of nitrogens with one attached hydrogen (secondary N) is 1. The van der Waals surface area contributed by atoms with E-state index in [9.17, 15) is 0 Å². The Morgan fingerprint density at radius 3 is 2.53 bits per heavy atom. The molecule has 0 aromatic rings. The van der Waals surface area contributed by atoms with Crippen LogP contribution in [0.5, 0.6) is 0 Å². The van der Waals surface area contributed by atoms with E-state index in [0.717, 1.165) is 44.1 Å². The zero-order chi connectivity index (χ0) is 12.7. The van der Waals surface area contributed by atoms with E-state index in [1.807, 2.05) is 0 Å². The molecule has 2 atom stereocenters. The minimum absolute atomic E-state index is 0.193. The van der Waals surface area contributed by atoms with Crippen LogP contribution >= 0.6 is 0 Å². The number of nitrogens with zero attached hydrogens (tertiary/aromatic N) is 1. The summed E-state index contributed by atoms with van der Waals surface area (Å²) in [5, 5.41) is 3.71. The Labute approximate surface area is 115 Å². The average molecular weight is 266 g/mol. The SMILES string of the molecule is C1CN[C@@H]2CN(C3CCC4(CC3)OCCO4)C[C@@H]2C1. The molecule has 4 aliphatic rings. The van der Waals surface area contributed by atoms with Crippen molar-refractivity contribution < 1.29 is 9.47 Å². The number of hydrogen-bond donors (Lipinski definition) is 1. The molecule has 0 aromatic carbocycles. The molecule has 4 fully saturated rings. The Morgan fingerprint density at radius 2 is 1.79 bits per heavy atom. The molecule has 0 aromatic heterocycles. The zero-order valence-corrected chi connectivity index (χ0v) is 11.8. The van der Waals surface area contributed by atoms with Gasteiger partial charge < -0.3 is 14.8 Å². The summed E-state index contributed by atoms with van der Waals surface area (Å²) in [6.45, 7) is 5.40. The minimum atomic E-state index is -0.193. The van der Waals surface area contributed by atoms with E-state index < -0.39 is 0 Å². The van der Waals surface area contributed by atoms with E-state index in [-0.39, 0.29) is 5.79 Å². The predicted octanol–water partition coefficient (Wildman–Crippen LogP) is 1.36. The highest BCUT2D eigenvalue weighted by Gasteiger charge is 2.44. The number of rotatable bonds is 1. The van der Waals surface area contributed by atoms with Crippen LogP contribution < -0.4 is 5.32 Å². The largest absolute Gasteiger partial charge is 0.348 e. The first-order chi connectivity index (χ1) is 9.35. The smallest absolute Gasteiger partial charge is 0.168 e. The fourth-order valence-electron chi connectivity index (χ4n) is 4.57. The maximum atomic E-state index is 5.83. The highest BCUT2D eigenvalue weighted by atomic mass is 16.7. The first kappa shape index (κ1) is 12.6. The first-order valence-corrected chi connectivity index (χ1v) is 8.10. The van der Waals surface area contributed by atoms with Crippen molar-refractivity contribution in [3.05, 3.63) is 0 Å². The van der Waals surface area contributed by atoms with Crippen molar-refractivity contribution in [2.75, 3.05) is 32.8 Å². The monoisotopic (exact) mass is 266 g/mol. The van der Waals surface area contributed by atoms with E-state index in [0.29, 0.717) is 0 Å². The van der Waals surface area contributed by atoms with E-state index in [1.54, 1.807) is 0 Å². The van der Waals surface area contributed by atoms with Crippen molar-refractivity contribution in [3.8, 4) is 0 Å². The van der Waals surface area contributed by atoms with Gasteiger partial charge in [0.1, 0.15) is 0 Å². The first-order valence-electron chi connectivity index (χ1n) is 8.10. The number of likely N-dealkylation sites (tertiary alicyclic amines) is 1. The van der Waals surface area contributed by atoms with Crippen LogP contribution in [-0.2, 0) is 9.47 Å². The summed E-state index contributed by atoms with van der Waals surface area (Å²) in [5.74, 6) is 0.713. The molecule has 0 radical (unpaired) electrons.